The first-order valence-corrected chi connectivity index (χ1v) is 8.81. The summed E-state index contributed by atoms with van der Waals surface area (Å²) >= 11 is 0. The van der Waals surface area contributed by atoms with E-state index >= 15 is 0 Å². The number of ketones is 1. The molecule has 2 aliphatic rings. The van der Waals surface area contributed by atoms with E-state index in [0.29, 0.717) is 5.92 Å². The van der Waals surface area contributed by atoms with E-state index < -0.39 is 0 Å². The second kappa shape index (κ2) is 6.24. The van der Waals surface area contributed by atoms with Crippen LogP contribution in [0.3, 0.4) is 0 Å². The average molecular weight is 314 g/mol. The Kier molecular flexibility index (Phi) is 3.93. The first-order valence-electron chi connectivity index (χ1n) is 8.81. The largest absolute Gasteiger partial charge is 0.295 e. The molecular weight excluding hydrogens is 292 g/mol. The lowest BCUT2D eigenvalue weighted by Crippen LogP contribution is -2.10. The standard InChI is InChI=1S/C23H22O/c1-16(24)20-14-8-13-19-15-21(20)23(18-11-6-3-7-12-18)22(19)17-9-4-2-5-10-17/h2-7,9-12,14,19,21H,8,13,15H2,1H3/t19-,21-/m0/s1. The van der Waals surface area contributed by atoms with Gasteiger partial charge in [0.15, 0.2) is 5.78 Å². The zero-order valence-electron chi connectivity index (χ0n) is 14.0. The van der Waals surface area contributed by atoms with Gasteiger partial charge in [0, 0.05) is 5.92 Å². The van der Waals surface area contributed by atoms with E-state index in [9.17, 15) is 4.79 Å². The van der Waals surface area contributed by atoms with E-state index in [4.69, 9.17) is 0 Å². The summed E-state index contributed by atoms with van der Waals surface area (Å²) < 4.78 is 0. The molecule has 1 heteroatoms. The van der Waals surface area contributed by atoms with Gasteiger partial charge in [-0.15, -0.1) is 0 Å². The van der Waals surface area contributed by atoms with Crippen molar-refractivity contribution < 1.29 is 4.79 Å². The van der Waals surface area contributed by atoms with Crippen LogP contribution in [0.5, 0.6) is 0 Å². The molecule has 0 unspecified atom stereocenters. The fraction of sp³-hybridized carbons (Fsp3) is 0.261. The van der Waals surface area contributed by atoms with Crippen LogP contribution in [-0.4, -0.2) is 5.78 Å². The predicted molar refractivity (Wildman–Crippen MR) is 99.3 cm³/mol. The molecule has 0 saturated heterocycles. The molecule has 0 amide bonds. The zero-order valence-corrected chi connectivity index (χ0v) is 14.0. The Morgan fingerprint density at radius 3 is 2.04 bits per heavy atom. The second-order valence-corrected chi connectivity index (χ2v) is 6.84. The van der Waals surface area contributed by atoms with E-state index in [-0.39, 0.29) is 11.7 Å². The first kappa shape index (κ1) is 15.1. The summed E-state index contributed by atoms with van der Waals surface area (Å²) in [4.78, 5) is 12.3. The van der Waals surface area contributed by atoms with Gasteiger partial charge in [-0.2, -0.15) is 0 Å². The van der Waals surface area contributed by atoms with Gasteiger partial charge in [0.25, 0.3) is 0 Å². The summed E-state index contributed by atoms with van der Waals surface area (Å²) in [6.07, 6.45) is 5.40. The number of rotatable bonds is 3. The Bertz CT molecular complexity index is 812. The molecule has 2 bridgehead atoms. The summed E-state index contributed by atoms with van der Waals surface area (Å²) in [5.41, 5.74) is 6.42. The molecule has 2 aliphatic carbocycles. The Morgan fingerprint density at radius 2 is 1.46 bits per heavy atom. The lowest BCUT2D eigenvalue weighted by Gasteiger charge is -2.19. The maximum atomic E-state index is 12.3. The van der Waals surface area contributed by atoms with Gasteiger partial charge in [0.2, 0.25) is 0 Å². The molecule has 0 N–H and O–H groups in total. The first-order chi connectivity index (χ1) is 11.8. The molecule has 2 atom stereocenters. The summed E-state index contributed by atoms with van der Waals surface area (Å²) in [7, 11) is 0. The molecule has 0 aromatic heterocycles. The van der Waals surface area contributed by atoms with E-state index in [1.165, 1.54) is 22.3 Å². The third kappa shape index (κ3) is 2.54. The van der Waals surface area contributed by atoms with Crippen molar-refractivity contribution in [2.45, 2.75) is 26.2 Å². The van der Waals surface area contributed by atoms with Crippen molar-refractivity contribution >= 4 is 16.9 Å². The molecule has 0 heterocycles. The fourth-order valence-corrected chi connectivity index (χ4v) is 4.43. The van der Waals surface area contributed by atoms with Crippen LogP contribution >= 0.6 is 0 Å². The van der Waals surface area contributed by atoms with Gasteiger partial charge in [-0.1, -0.05) is 66.7 Å². The van der Waals surface area contributed by atoms with Gasteiger partial charge in [0.1, 0.15) is 0 Å². The molecule has 0 saturated carbocycles. The lowest BCUT2D eigenvalue weighted by atomic mass is 9.84. The second-order valence-electron chi connectivity index (χ2n) is 6.84. The van der Waals surface area contributed by atoms with Gasteiger partial charge >= 0.3 is 0 Å². The lowest BCUT2D eigenvalue weighted by molar-refractivity contribution is -0.114. The van der Waals surface area contributed by atoms with Crippen molar-refractivity contribution in [2.24, 2.45) is 11.8 Å². The molecular formula is C23H22O. The van der Waals surface area contributed by atoms with Crippen molar-refractivity contribution in [3.8, 4) is 0 Å². The van der Waals surface area contributed by atoms with Crippen LogP contribution in [0.4, 0.5) is 0 Å². The average Bonchev–Trinajstić information content (AvgIpc) is 2.83. The summed E-state index contributed by atoms with van der Waals surface area (Å²) in [5, 5.41) is 0. The number of hydrogen-bond acceptors (Lipinski definition) is 1. The Morgan fingerprint density at radius 1 is 0.875 bits per heavy atom. The fourth-order valence-electron chi connectivity index (χ4n) is 4.43. The van der Waals surface area contributed by atoms with Crippen molar-refractivity contribution in [3.05, 3.63) is 83.4 Å². The third-order valence-electron chi connectivity index (χ3n) is 5.40. The minimum atomic E-state index is 0.225. The van der Waals surface area contributed by atoms with E-state index in [1.54, 1.807) is 6.92 Å². The van der Waals surface area contributed by atoms with Gasteiger partial charge in [-0.25, -0.2) is 0 Å². The van der Waals surface area contributed by atoms with Crippen LogP contribution in [0, 0.1) is 11.8 Å². The number of allylic oxidation sites excluding steroid dienone is 4. The van der Waals surface area contributed by atoms with Crippen LogP contribution in [0.1, 0.15) is 37.3 Å². The molecule has 24 heavy (non-hydrogen) atoms. The van der Waals surface area contributed by atoms with E-state index in [0.717, 1.165) is 24.8 Å². The summed E-state index contributed by atoms with van der Waals surface area (Å²) in [6, 6.07) is 21.3. The third-order valence-corrected chi connectivity index (χ3v) is 5.40. The minimum Gasteiger partial charge on any atom is -0.295 e. The monoisotopic (exact) mass is 314 g/mol. The van der Waals surface area contributed by atoms with Crippen LogP contribution in [0.25, 0.3) is 11.1 Å². The molecule has 120 valence electrons. The van der Waals surface area contributed by atoms with Gasteiger partial charge in [-0.05, 0) is 60.0 Å². The van der Waals surface area contributed by atoms with Crippen LogP contribution in [0.2, 0.25) is 0 Å². The number of benzene rings is 2. The highest BCUT2D eigenvalue weighted by molar-refractivity contribution is 6.03. The molecule has 1 nitrogen and oxygen atoms in total. The van der Waals surface area contributed by atoms with Crippen LogP contribution in [0.15, 0.2) is 72.3 Å². The molecule has 0 radical (unpaired) electrons. The number of Topliss-reactive ketones (excluding diaryl/α,β-unsaturated/α-hetero) is 1. The summed E-state index contributed by atoms with van der Waals surface area (Å²) in [6.45, 7) is 1.72. The predicted octanol–water partition coefficient (Wildman–Crippen LogP) is 5.54. The molecule has 0 fully saturated rings. The normalized spacial score (nSPS) is 23.0. The van der Waals surface area contributed by atoms with Gasteiger partial charge in [0.05, 0.1) is 0 Å². The SMILES string of the molecule is CC(=O)C1=CCC[C@H]2C[C@@H]1C(c1ccccc1)=C2c1ccccc1. The quantitative estimate of drug-likeness (QED) is 0.726. The van der Waals surface area contributed by atoms with Crippen molar-refractivity contribution in [1.29, 1.82) is 0 Å². The maximum absolute atomic E-state index is 12.3. The maximum Gasteiger partial charge on any atom is 0.156 e. The number of carbonyl (C=O) groups excluding carboxylic acids is 1. The van der Waals surface area contributed by atoms with Crippen LogP contribution < -0.4 is 0 Å². The number of fused-ring (bicyclic) bond motifs is 2. The minimum absolute atomic E-state index is 0.225. The number of carbonyl (C=O) groups is 1. The highest BCUT2D eigenvalue weighted by atomic mass is 16.1. The highest BCUT2D eigenvalue weighted by Crippen LogP contribution is 2.53. The molecule has 0 aliphatic heterocycles. The molecule has 4 rings (SSSR count). The smallest absolute Gasteiger partial charge is 0.156 e. The van der Waals surface area contributed by atoms with Gasteiger partial charge in [-0.3, -0.25) is 4.79 Å². The summed E-state index contributed by atoms with van der Waals surface area (Å²) in [5.74, 6) is 1.01. The van der Waals surface area contributed by atoms with Crippen molar-refractivity contribution in [3.63, 3.8) is 0 Å². The van der Waals surface area contributed by atoms with Crippen LogP contribution in [-0.2, 0) is 4.79 Å². The zero-order chi connectivity index (χ0) is 16.5. The topological polar surface area (TPSA) is 17.1 Å². The van der Waals surface area contributed by atoms with Gasteiger partial charge < -0.3 is 0 Å². The Hall–Kier alpha value is -2.41. The molecule has 2 aromatic carbocycles. The van der Waals surface area contributed by atoms with Crippen molar-refractivity contribution in [1.82, 2.24) is 0 Å². The Labute approximate surface area is 143 Å². The highest BCUT2D eigenvalue weighted by Gasteiger charge is 2.38. The van der Waals surface area contributed by atoms with E-state index in [1.807, 2.05) is 0 Å². The van der Waals surface area contributed by atoms with Crippen molar-refractivity contribution in [2.75, 3.05) is 0 Å². The van der Waals surface area contributed by atoms with E-state index in [2.05, 4.69) is 66.7 Å². The molecule has 2 aromatic rings. The molecule has 0 spiro atoms. The number of hydrogen-bond donors (Lipinski definition) is 0. The Balaban J connectivity index is 1.95.